The van der Waals surface area contributed by atoms with Crippen LogP contribution in [-0.2, 0) is 4.65 Å². The molecule has 1 aliphatic rings. The first kappa shape index (κ1) is 35.5. The first-order chi connectivity index (χ1) is 18.3. The fourth-order valence-electron chi connectivity index (χ4n) is 3.49. The van der Waals surface area contributed by atoms with Gasteiger partial charge in [-0.1, -0.05) is 159 Å². The molecule has 0 radical (unpaired) electrons. The van der Waals surface area contributed by atoms with Gasteiger partial charge in [0.1, 0.15) is 0 Å². The van der Waals surface area contributed by atoms with Crippen LogP contribution in [0, 0.1) is 13.6 Å². The third-order valence-electron chi connectivity index (χ3n) is 4.86. The molecule has 0 saturated carbocycles. The molecule has 0 amide bonds. The third-order valence-corrected chi connectivity index (χ3v) is 4.86. The fourth-order valence-corrected chi connectivity index (χ4v) is 3.49. The van der Waals surface area contributed by atoms with E-state index in [1.165, 1.54) is 16.7 Å². The zero-order chi connectivity index (χ0) is 28.6. The predicted octanol–water partition coefficient (Wildman–Crippen LogP) is 10.6. The van der Waals surface area contributed by atoms with Crippen molar-refractivity contribution in [2.75, 3.05) is 0 Å². The predicted molar refractivity (Wildman–Crippen MR) is 161 cm³/mol. The van der Waals surface area contributed by atoms with Gasteiger partial charge in [0, 0.05) is 11.1 Å². The van der Waals surface area contributed by atoms with Crippen molar-refractivity contribution in [2.45, 2.75) is 62.3 Å². The molecule has 0 bridgehead atoms. The van der Waals surface area contributed by atoms with Gasteiger partial charge in [0.25, 0.3) is 0 Å². The van der Waals surface area contributed by atoms with Crippen molar-refractivity contribution in [3.05, 3.63) is 126 Å². The molecule has 4 aromatic carbocycles. The van der Waals surface area contributed by atoms with Gasteiger partial charge in [-0.2, -0.15) is 0 Å². The van der Waals surface area contributed by atoms with Crippen LogP contribution < -0.4 is 0 Å². The summed E-state index contributed by atoms with van der Waals surface area (Å²) in [6.45, 7) is 22.6. The minimum absolute atomic E-state index is 0.149. The third kappa shape index (κ3) is 10.4. The number of hydrogen-bond acceptors (Lipinski definition) is 1. The van der Waals surface area contributed by atoms with Gasteiger partial charge in [-0.15, -0.1) is 0 Å². The van der Waals surface area contributed by atoms with Crippen molar-refractivity contribution in [3.63, 3.8) is 0 Å². The summed E-state index contributed by atoms with van der Waals surface area (Å²) in [5, 5.41) is 0. The van der Waals surface area contributed by atoms with Crippen molar-refractivity contribution in [1.29, 1.82) is 0 Å². The summed E-state index contributed by atoms with van der Waals surface area (Å²) >= 11 is 0. The number of hydrogen-bond donors (Lipinski definition) is 0. The summed E-state index contributed by atoms with van der Waals surface area (Å²) in [5.41, 5.74) is 7.72. The zero-order valence-corrected chi connectivity index (χ0v) is 24.1. The Bertz CT molecular complexity index is 1090. The normalized spacial score (nSPS) is 8.89. The number of benzene rings is 4. The monoisotopic (exact) mass is 496 g/mol. The summed E-state index contributed by atoms with van der Waals surface area (Å²) in [6.07, 6.45) is 0. The number of fused-ring (bicyclic) bond motifs is 3. The molecule has 0 aromatic heterocycles. The van der Waals surface area contributed by atoms with Crippen LogP contribution in [0.25, 0.3) is 22.3 Å². The van der Waals surface area contributed by atoms with E-state index in [-0.39, 0.29) is 5.78 Å². The Balaban J connectivity index is 0. The molecule has 0 aliphatic heterocycles. The summed E-state index contributed by atoms with van der Waals surface area (Å²) < 4.78 is 7.50. The molecule has 0 fully saturated rings. The van der Waals surface area contributed by atoms with E-state index in [0.717, 1.165) is 22.3 Å². The van der Waals surface area contributed by atoms with Crippen molar-refractivity contribution in [2.24, 2.45) is 0 Å². The van der Waals surface area contributed by atoms with Crippen LogP contribution in [0.3, 0.4) is 0 Å². The number of ketones is 1. The van der Waals surface area contributed by atoms with E-state index < -0.39 is 0 Å². The molecule has 1 aliphatic carbocycles. The topological polar surface area (TPSA) is 37.0 Å². The van der Waals surface area contributed by atoms with Gasteiger partial charge in [-0.25, -0.2) is 0 Å². The molecule has 0 saturated heterocycles. The van der Waals surface area contributed by atoms with Crippen LogP contribution in [0.1, 0.15) is 76.9 Å². The molecule has 0 atom stereocenters. The molecular weight excluding hydrogens is 452 g/mol. The van der Waals surface area contributed by atoms with Crippen LogP contribution >= 0.6 is 0 Å². The molecular formula is C35H44O2. The first-order valence-corrected chi connectivity index (χ1v) is 13.3. The molecule has 196 valence electrons. The Morgan fingerprint density at radius 2 is 0.730 bits per heavy atom. The van der Waals surface area contributed by atoms with Crippen LogP contribution in [0.5, 0.6) is 0 Å². The van der Waals surface area contributed by atoms with E-state index in [9.17, 15) is 4.79 Å². The SMILES string of the molecule is CC.CC.CC.CC.Cc1ccccc1-c1ccccc1.O=C1c2ccccc2-c2ccccc21.[C-]#[O+]. The zero-order valence-electron chi connectivity index (χ0n) is 24.1. The van der Waals surface area contributed by atoms with E-state index in [1.807, 2.05) is 110 Å². The Kier molecular flexibility index (Phi) is 21.8. The standard InChI is InChI=1S/C13H8O.C13H12.4C2H6.CO/c14-13-11-7-3-1-5-9(11)10-6-2-4-8-12(10)13;1-11-7-5-6-10-13(11)12-8-3-2-4-9-12;5*1-2/h1-8H;2-10H,1H3;4*1-2H3;. The van der Waals surface area contributed by atoms with Gasteiger partial charge in [0.15, 0.2) is 5.78 Å². The van der Waals surface area contributed by atoms with Gasteiger partial charge < -0.3 is 0 Å². The quantitative estimate of drug-likeness (QED) is 0.168. The molecule has 2 heteroatoms. The molecule has 0 N–H and O–H groups in total. The van der Waals surface area contributed by atoms with Crippen LogP contribution in [0.15, 0.2) is 103 Å². The van der Waals surface area contributed by atoms with Crippen LogP contribution in [-0.4, -0.2) is 5.78 Å². The molecule has 0 spiro atoms. The summed E-state index contributed by atoms with van der Waals surface area (Å²) in [5.74, 6) is 0.149. The Hall–Kier alpha value is -3.71. The molecule has 4 aromatic rings. The molecule has 2 nitrogen and oxygen atoms in total. The number of aryl methyl sites for hydroxylation is 1. The maximum atomic E-state index is 11.9. The second-order valence-electron chi connectivity index (χ2n) is 6.60. The summed E-state index contributed by atoms with van der Waals surface area (Å²) in [7, 11) is 0. The van der Waals surface area contributed by atoms with Crippen LogP contribution in [0.2, 0.25) is 0 Å². The molecule has 5 rings (SSSR count). The molecule has 0 unspecified atom stereocenters. The van der Waals surface area contributed by atoms with Gasteiger partial charge >= 0.3 is 11.3 Å². The van der Waals surface area contributed by atoms with Crippen molar-refractivity contribution in [3.8, 4) is 22.3 Å². The van der Waals surface area contributed by atoms with E-state index >= 15 is 0 Å². The first-order valence-electron chi connectivity index (χ1n) is 13.3. The molecule has 0 heterocycles. The number of rotatable bonds is 1. The van der Waals surface area contributed by atoms with E-state index in [2.05, 4.69) is 62.1 Å². The Morgan fingerprint density at radius 3 is 1.11 bits per heavy atom. The Labute approximate surface area is 226 Å². The summed E-state index contributed by atoms with van der Waals surface area (Å²) in [6, 6.07) is 34.4. The Morgan fingerprint density at radius 1 is 0.432 bits per heavy atom. The fraction of sp³-hybridized carbons (Fsp3) is 0.257. The van der Waals surface area contributed by atoms with Crippen molar-refractivity contribution in [1.82, 2.24) is 0 Å². The number of carbonyl (C=O) groups is 1. The second-order valence-corrected chi connectivity index (χ2v) is 6.60. The van der Waals surface area contributed by atoms with Gasteiger partial charge in [0.05, 0.1) is 0 Å². The second kappa shape index (κ2) is 22.7. The number of carbonyl (C=O) groups excluding carboxylic acids is 1. The average Bonchev–Trinajstić information content (AvgIpc) is 3.31. The van der Waals surface area contributed by atoms with Gasteiger partial charge in [-0.05, 0) is 34.7 Å². The van der Waals surface area contributed by atoms with Crippen molar-refractivity contribution < 1.29 is 9.45 Å². The van der Waals surface area contributed by atoms with Crippen molar-refractivity contribution >= 4 is 5.78 Å². The van der Waals surface area contributed by atoms with E-state index in [4.69, 9.17) is 4.65 Å². The maximum absolute atomic E-state index is 11.9. The van der Waals surface area contributed by atoms with Crippen LogP contribution in [0.4, 0.5) is 0 Å². The van der Waals surface area contributed by atoms with Gasteiger partial charge in [-0.3, -0.25) is 4.79 Å². The van der Waals surface area contributed by atoms with E-state index in [1.54, 1.807) is 0 Å². The van der Waals surface area contributed by atoms with E-state index in [0.29, 0.717) is 0 Å². The minimum atomic E-state index is 0.149. The molecule has 37 heavy (non-hydrogen) atoms. The average molecular weight is 497 g/mol. The van der Waals surface area contributed by atoms with Gasteiger partial charge in [0.2, 0.25) is 0 Å². The summed E-state index contributed by atoms with van der Waals surface area (Å²) in [4.78, 5) is 11.9.